The van der Waals surface area contributed by atoms with Gasteiger partial charge in [-0.15, -0.1) is 0 Å². The number of aliphatic carboxylic acids is 1. The molecule has 1 aromatic rings. The zero-order valence-electron chi connectivity index (χ0n) is 12.7. The average molecular weight is 386 g/mol. The van der Waals surface area contributed by atoms with Crippen LogP contribution in [-0.2, 0) is 11.2 Å². The van der Waals surface area contributed by atoms with Gasteiger partial charge in [-0.05, 0) is 18.1 Å². The number of fused-ring (bicyclic) bond motifs is 1. The van der Waals surface area contributed by atoms with Crippen molar-refractivity contribution in [1.29, 1.82) is 0 Å². The van der Waals surface area contributed by atoms with Gasteiger partial charge < -0.3 is 9.84 Å². The summed E-state index contributed by atoms with van der Waals surface area (Å²) in [5, 5.41) is 8.92. The van der Waals surface area contributed by atoms with Crippen LogP contribution in [0.5, 0.6) is 5.75 Å². The molecule has 11 heteroatoms. The number of ether oxygens (including phenoxy) is 1. The summed E-state index contributed by atoms with van der Waals surface area (Å²) >= 11 is 0. The van der Waals surface area contributed by atoms with Gasteiger partial charge in [0.2, 0.25) is 6.10 Å². The van der Waals surface area contributed by atoms with Gasteiger partial charge in [-0.25, -0.2) is 4.79 Å². The molecule has 1 aliphatic rings. The summed E-state index contributed by atoms with van der Waals surface area (Å²) in [6.45, 7) is 1.90. The van der Waals surface area contributed by atoms with Crippen LogP contribution in [0.25, 0.3) is 6.08 Å². The van der Waals surface area contributed by atoms with Crippen LogP contribution in [0.3, 0.4) is 0 Å². The van der Waals surface area contributed by atoms with Crippen LogP contribution >= 0.6 is 0 Å². The Kier molecular flexibility index (Phi) is 13.8. The van der Waals surface area contributed by atoms with Crippen molar-refractivity contribution in [1.82, 2.24) is 0 Å². The molecule has 0 bridgehead atoms. The van der Waals surface area contributed by atoms with Gasteiger partial charge in [-0.1, -0.05) is 31.5 Å². The Balaban J connectivity index is -0.000000441. The minimum atomic E-state index is -4.76. The molecule has 0 saturated carbocycles. The van der Waals surface area contributed by atoms with Gasteiger partial charge in [0.1, 0.15) is 5.75 Å². The lowest BCUT2D eigenvalue weighted by molar-refractivity contribution is -0.187. The van der Waals surface area contributed by atoms with Crippen molar-refractivity contribution < 1.29 is 51.3 Å². The molecule has 1 aliphatic heterocycles. The highest BCUT2D eigenvalue weighted by molar-refractivity contribution is 5.95. The van der Waals surface area contributed by atoms with E-state index in [2.05, 4.69) is 0 Å². The van der Waals surface area contributed by atoms with Crippen molar-refractivity contribution >= 4 is 12.0 Å². The number of carbonyl (C=O) groups is 1. The molecule has 0 aromatic heterocycles. The van der Waals surface area contributed by atoms with E-state index in [-0.39, 0.29) is 29.3 Å². The van der Waals surface area contributed by atoms with Gasteiger partial charge in [0.05, 0.1) is 5.57 Å². The molecule has 1 unspecified atom stereocenters. The summed E-state index contributed by atoms with van der Waals surface area (Å²) in [6, 6.07) is 4.91. The van der Waals surface area contributed by atoms with Crippen molar-refractivity contribution in [3.05, 3.63) is 34.9 Å². The average Bonchev–Trinajstić information content (AvgIpc) is 2.37. The summed E-state index contributed by atoms with van der Waals surface area (Å²) in [5.41, 5.74) is 0.229. The molecule has 0 spiro atoms. The lowest BCUT2D eigenvalue weighted by Crippen LogP contribution is -2.40. The van der Waals surface area contributed by atoms with E-state index >= 15 is 0 Å². The predicted octanol–water partition coefficient (Wildman–Crippen LogP) is 4.19. The third kappa shape index (κ3) is 6.24. The second-order valence-electron chi connectivity index (χ2n) is 4.53. The molecule has 0 aliphatic carbocycles. The van der Waals surface area contributed by atoms with E-state index in [9.17, 15) is 18.0 Å². The number of carboxylic acids is 1. The van der Waals surface area contributed by atoms with Gasteiger partial charge in [-0.3, -0.25) is 23.5 Å². The number of aryl methyl sites for hydroxylation is 1. The Hall–Kier alpha value is -2.33. The summed E-state index contributed by atoms with van der Waals surface area (Å²) in [6.07, 6.45) is -4.82. The lowest BCUT2D eigenvalue weighted by Gasteiger charge is -2.28. The standard InChI is InChI=1S/C14H13F3O3.5FH/c1-2-4-8-5-3-6-9-7-10(13(18)19)12(14(15,16)17)20-11(8)9;;;;;/h3,5-7,12H,2,4H2,1H3,(H,18,19);5*1H. The minimum Gasteiger partial charge on any atom is -0.478 e. The Morgan fingerprint density at radius 2 is 1.72 bits per heavy atom. The molecule has 2 rings (SSSR count). The monoisotopic (exact) mass is 386 g/mol. The Morgan fingerprint density at radius 3 is 2.16 bits per heavy atom. The maximum Gasteiger partial charge on any atom is 0.430 e. The van der Waals surface area contributed by atoms with E-state index < -0.39 is 23.8 Å². The van der Waals surface area contributed by atoms with Crippen LogP contribution in [0.2, 0.25) is 0 Å². The highest BCUT2D eigenvalue weighted by Gasteiger charge is 2.48. The zero-order chi connectivity index (χ0) is 14.9. The Morgan fingerprint density at radius 1 is 1.16 bits per heavy atom. The predicted molar refractivity (Wildman–Crippen MR) is 79.0 cm³/mol. The Bertz CT molecular complexity index is 572. The number of carboxylic acid groups (broad SMARTS) is 1. The van der Waals surface area contributed by atoms with E-state index in [1.54, 1.807) is 18.2 Å². The SMILES string of the molecule is CCCc1cccc2c1OC(C(F)(F)F)C(C(=O)O)=C2.F.F.F.F.F. The Labute approximate surface area is 137 Å². The van der Waals surface area contributed by atoms with Crippen LogP contribution < -0.4 is 4.74 Å². The van der Waals surface area contributed by atoms with Gasteiger partial charge in [-0.2, -0.15) is 13.2 Å². The molecule has 25 heavy (non-hydrogen) atoms. The lowest BCUT2D eigenvalue weighted by atomic mass is 9.97. The normalized spacial score (nSPS) is 14.4. The molecular weight excluding hydrogens is 368 g/mol. The number of halogens is 8. The molecule has 1 heterocycles. The molecule has 1 atom stereocenters. The van der Waals surface area contributed by atoms with Crippen molar-refractivity contribution in [2.24, 2.45) is 0 Å². The fraction of sp³-hybridized carbons (Fsp3) is 0.357. The van der Waals surface area contributed by atoms with Gasteiger partial charge in [0.15, 0.2) is 0 Å². The molecule has 148 valence electrons. The number of rotatable bonds is 3. The first-order chi connectivity index (χ1) is 9.34. The van der Waals surface area contributed by atoms with Crippen LogP contribution in [-0.4, -0.2) is 23.4 Å². The molecule has 3 nitrogen and oxygen atoms in total. The number of benzene rings is 1. The summed E-state index contributed by atoms with van der Waals surface area (Å²) in [4.78, 5) is 11.0. The second kappa shape index (κ2) is 11.3. The van der Waals surface area contributed by atoms with Gasteiger partial charge in [0, 0.05) is 5.56 Å². The second-order valence-corrected chi connectivity index (χ2v) is 4.53. The first-order valence-corrected chi connectivity index (χ1v) is 6.14. The van der Waals surface area contributed by atoms with Crippen LogP contribution in [0.4, 0.5) is 36.7 Å². The van der Waals surface area contributed by atoms with Crippen LogP contribution in [0, 0.1) is 0 Å². The number of hydrogen-bond donors (Lipinski definition) is 1. The van der Waals surface area contributed by atoms with Crippen molar-refractivity contribution in [2.45, 2.75) is 32.0 Å². The maximum absolute atomic E-state index is 12.9. The number of alkyl halides is 3. The van der Waals surface area contributed by atoms with E-state index in [0.717, 1.165) is 12.5 Å². The molecule has 0 amide bonds. The summed E-state index contributed by atoms with van der Waals surface area (Å²) in [7, 11) is 0. The van der Waals surface area contributed by atoms with Gasteiger partial charge >= 0.3 is 12.1 Å². The highest BCUT2D eigenvalue weighted by atomic mass is 19.4. The first kappa shape index (κ1) is 30.5. The van der Waals surface area contributed by atoms with Gasteiger partial charge in [0.25, 0.3) is 0 Å². The third-order valence-electron chi connectivity index (χ3n) is 3.02. The number of hydrogen-bond acceptors (Lipinski definition) is 2. The van der Waals surface area contributed by atoms with Crippen LogP contribution in [0.1, 0.15) is 24.5 Å². The molecule has 0 radical (unpaired) electrons. The number of para-hydroxylation sites is 1. The third-order valence-corrected chi connectivity index (χ3v) is 3.02. The maximum atomic E-state index is 12.9. The smallest absolute Gasteiger partial charge is 0.430 e. The quantitative estimate of drug-likeness (QED) is 0.793. The fourth-order valence-electron chi connectivity index (χ4n) is 2.17. The summed E-state index contributed by atoms with van der Waals surface area (Å²) < 4.78 is 43.8. The fourth-order valence-corrected chi connectivity index (χ4v) is 2.17. The highest BCUT2D eigenvalue weighted by Crippen LogP contribution is 2.39. The van der Waals surface area contributed by atoms with E-state index in [1.807, 2.05) is 6.92 Å². The minimum absolute atomic E-state index is 0. The van der Waals surface area contributed by atoms with E-state index in [0.29, 0.717) is 17.5 Å². The molecule has 0 fully saturated rings. The summed E-state index contributed by atoms with van der Waals surface area (Å²) in [5.74, 6) is -1.50. The molecule has 1 N–H and O–H groups in total. The van der Waals surface area contributed by atoms with E-state index in [1.165, 1.54) is 0 Å². The van der Waals surface area contributed by atoms with Crippen molar-refractivity contribution in [3.63, 3.8) is 0 Å². The van der Waals surface area contributed by atoms with Crippen molar-refractivity contribution in [3.8, 4) is 5.75 Å². The first-order valence-electron chi connectivity index (χ1n) is 6.14. The van der Waals surface area contributed by atoms with Crippen molar-refractivity contribution in [2.75, 3.05) is 0 Å². The zero-order valence-corrected chi connectivity index (χ0v) is 12.7. The van der Waals surface area contributed by atoms with E-state index in [4.69, 9.17) is 9.84 Å². The topological polar surface area (TPSA) is 46.5 Å². The van der Waals surface area contributed by atoms with Crippen LogP contribution in [0.15, 0.2) is 23.8 Å². The molecule has 1 aromatic carbocycles. The molecular formula is C14H18F8O3. The largest absolute Gasteiger partial charge is 0.478 e. The molecule has 0 saturated heterocycles.